The summed E-state index contributed by atoms with van der Waals surface area (Å²) >= 11 is 0. The maximum absolute atomic E-state index is 13.4. The lowest BCUT2D eigenvalue weighted by molar-refractivity contribution is 0.116. The van der Waals surface area contributed by atoms with Gasteiger partial charge in [0, 0.05) is 6.04 Å². The van der Waals surface area contributed by atoms with Gasteiger partial charge in [-0.25, -0.2) is 13.2 Å². The Labute approximate surface area is 104 Å². The van der Waals surface area contributed by atoms with Gasteiger partial charge in [0.05, 0.1) is 6.07 Å². The molecule has 2 nitrogen and oxygen atoms in total. The molecule has 0 fully saturated rings. The van der Waals surface area contributed by atoms with Crippen molar-refractivity contribution in [1.82, 2.24) is 5.32 Å². The minimum atomic E-state index is -2.27. The van der Waals surface area contributed by atoms with Crippen LogP contribution in [-0.2, 0) is 0 Å². The average Bonchev–Trinajstić information content (AvgIpc) is 2.43. The zero-order valence-electron chi connectivity index (χ0n) is 9.98. The molecule has 0 saturated carbocycles. The summed E-state index contributed by atoms with van der Waals surface area (Å²) in [4.78, 5) is 0. The number of hydrogen-bond acceptors (Lipinski definition) is 2. The lowest BCUT2D eigenvalue weighted by Crippen LogP contribution is -2.43. The molecule has 0 aliphatic rings. The van der Waals surface area contributed by atoms with Crippen LogP contribution in [0.15, 0.2) is 30.3 Å². The van der Waals surface area contributed by atoms with Crippen LogP contribution in [0.2, 0.25) is 0 Å². The summed E-state index contributed by atoms with van der Waals surface area (Å²) in [5, 5.41) is 11.5. The summed E-state index contributed by atoms with van der Waals surface area (Å²) in [7, 11) is 0. The van der Waals surface area contributed by atoms with Crippen molar-refractivity contribution >= 4 is 0 Å². The first-order valence-corrected chi connectivity index (χ1v) is 5.64. The second kappa shape index (κ2) is 7.02. The Morgan fingerprint density at radius 3 is 2.39 bits per heavy atom. The molecule has 0 amide bonds. The molecule has 0 spiro atoms. The van der Waals surface area contributed by atoms with Crippen LogP contribution < -0.4 is 5.32 Å². The van der Waals surface area contributed by atoms with E-state index in [1.54, 1.807) is 37.3 Å². The molecule has 1 rings (SSSR count). The van der Waals surface area contributed by atoms with Gasteiger partial charge in [0.15, 0.2) is 12.3 Å². The highest BCUT2D eigenvalue weighted by Crippen LogP contribution is 2.16. The Hall–Kier alpha value is -1.54. The number of benzene rings is 1. The van der Waals surface area contributed by atoms with Crippen molar-refractivity contribution in [2.75, 3.05) is 6.67 Å². The van der Waals surface area contributed by atoms with Gasteiger partial charge in [-0.1, -0.05) is 30.3 Å². The van der Waals surface area contributed by atoms with Crippen molar-refractivity contribution in [1.29, 1.82) is 5.26 Å². The van der Waals surface area contributed by atoms with Crippen LogP contribution in [0, 0.1) is 11.3 Å². The van der Waals surface area contributed by atoms with Gasteiger partial charge in [0.1, 0.15) is 12.7 Å². The molecule has 0 aliphatic carbocycles. The Bertz CT molecular complexity index is 391. The van der Waals surface area contributed by atoms with Gasteiger partial charge in [-0.15, -0.1) is 0 Å². The van der Waals surface area contributed by atoms with E-state index in [0.29, 0.717) is 0 Å². The lowest BCUT2D eigenvalue weighted by Gasteiger charge is -2.22. The highest BCUT2D eigenvalue weighted by Gasteiger charge is 2.30. The molecular formula is C13H15F3N2. The average molecular weight is 256 g/mol. The van der Waals surface area contributed by atoms with E-state index in [4.69, 9.17) is 5.26 Å². The minimum absolute atomic E-state index is 0.319. The third-order valence-corrected chi connectivity index (χ3v) is 2.68. The summed E-state index contributed by atoms with van der Waals surface area (Å²) in [5.74, 6) is 0. The molecule has 0 aromatic heterocycles. The van der Waals surface area contributed by atoms with Crippen LogP contribution in [0.1, 0.15) is 18.5 Å². The van der Waals surface area contributed by atoms with E-state index < -0.39 is 25.1 Å². The van der Waals surface area contributed by atoms with E-state index in [2.05, 4.69) is 5.32 Å². The maximum Gasteiger partial charge on any atom is 0.162 e. The van der Waals surface area contributed by atoms with Crippen molar-refractivity contribution in [3.05, 3.63) is 35.9 Å². The van der Waals surface area contributed by atoms with Gasteiger partial charge < -0.3 is 0 Å². The summed E-state index contributed by atoms with van der Waals surface area (Å²) < 4.78 is 38.4. The molecule has 0 heterocycles. The van der Waals surface area contributed by atoms with E-state index in [1.807, 2.05) is 6.07 Å². The third-order valence-electron chi connectivity index (χ3n) is 2.68. The van der Waals surface area contributed by atoms with E-state index in [9.17, 15) is 13.2 Å². The smallest absolute Gasteiger partial charge is 0.162 e. The molecule has 1 aromatic carbocycles. The minimum Gasteiger partial charge on any atom is -0.293 e. The molecule has 1 aromatic rings. The van der Waals surface area contributed by atoms with Crippen LogP contribution >= 0.6 is 0 Å². The summed E-state index contributed by atoms with van der Waals surface area (Å²) in [6, 6.07) is 8.99. The van der Waals surface area contributed by atoms with Crippen molar-refractivity contribution in [3.8, 4) is 6.07 Å². The van der Waals surface area contributed by atoms with E-state index >= 15 is 0 Å². The number of nitrogens with zero attached hydrogens (tertiary/aromatic N) is 1. The zero-order chi connectivity index (χ0) is 13.5. The molecule has 0 radical (unpaired) electrons. The van der Waals surface area contributed by atoms with Crippen LogP contribution in [0.4, 0.5) is 13.2 Å². The first kappa shape index (κ1) is 14.5. The maximum atomic E-state index is 13.4. The molecule has 5 heteroatoms. The van der Waals surface area contributed by atoms with Crippen LogP contribution in [-0.4, -0.2) is 25.1 Å². The number of rotatable bonds is 6. The summed E-state index contributed by atoms with van der Waals surface area (Å²) in [6.07, 6.45) is -4.45. The highest BCUT2D eigenvalue weighted by atomic mass is 19.2. The molecular weight excluding hydrogens is 241 g/mol. The summed E-state index contributed by atoms with van der Waals surface area (Å²) in [6.45, 7) is 0.301. The Kier molecular flexibility index (Phi) is 5.66. The second-order valence-corrected chi connectivity index (χ2v) is 4.02. The predicted octanol–water partition coefficient (Wildman–Crippen LogP) is 2.88. The van der Waals surface area contributed by atoms with Gasteiger partial charge in [0.25, 0.3) is 0 Å². The number of nitrogens with one attached hydrogen (secondary N) is 1. The SMILES string of the molecule is CC(NC(C#N)C(F)C(F)CF)c1ccccc1. The van der Waals surface area contributed by atoms with Crippen molar-refractivity contribution in [2.24, 2.45) is 0 Å². The number of alkyl halides is 3. The van der Waals surface area contributed by atoms with Crippen LogP contribution in [0.5, 0.6) is 0 Å². The molecule has 1 N–H and O–H groups in total. The first-order valence-electron chi connectivity index (χ1n) is 5.64. The Morgan fingerprint density at radius 1 is 1.28 bits per heavy atom. The Balaban J connectivity index is 2.67. The Morgan fingerprint density at radius 2 is 1.89 bits per heavy atom. The van der Waals surface area contributed by atoms with Gasteiger partial charge in [0.2, 0.25) is 0 Å². The summed E-state index contributed by atoms with van der Waals surface area (Å²) in [5.41, 5.74) is 0.848. The predicted molar refractivity (Wildman–Crippen MR) is 63.2 cm³/mol. The van der Waals surface area contributed by atoms with Crippen LogP contribution in [0.25, 0.3) is 0 Å². The lowest BCUT2D eigenvalue weighted by atomic mass is 10.0. The molecule has 18 heavy (non-hydrogen) atoms. The topological polar surface area (TPSA) is 35.8 Å². The van der Waals surface area contributed by atoms with Crippen molar-refractivity contribution in [3.63, 3.8) is 0 Å². The van der Waals surface area contributed by atoms with Crippen LogP contribution in [0.3, 0.4) is 0 Å². The third kappa shape index (κ3) is 3.74. The van der Waals surface area contributed by atoms with E-state index in [1.165, 1.54) is 0 Å². The fourth-order valence-corrected chi connectivity index (χ4v) is 1.60. The quantitative estimate of drug-likeness (QED) is 0.849. The fourth-order valence-electron chi connectivity index (χ4n) is 1.60. The van der Waals surface area contributed by atoms with Crippen molar-refractivity contribution in [2.45, 2.75) is 31.4 Å². The number of halogens is 3. The normalized spacial score (nSPS) is 17.5. The van der Waals surface area contributed by atoms with Gasteiger partial charge >= 0.3 is 0 Å². The van der Waals surface area contributed by atoms with Gasteiger partial charge in [-0.3, -0.25) is 5.32 Å². The van der Waals surface area contributed by atoms with Crippen molar-refractivity contribution < 1.29 is 13.2 Å². The molecule has 4 atom stereocenters. The van der Waals surface area contributed by atoms with Gasteiger partial charge in [-0.2, -0.15) is 5.26 Å². The van der Waals surface area contributed by atoms with Gasteiger partial charge in [-0.05, 0) is 12.5 Å². The standard InChI is InChI=1S/C13H15F3N2/c1-9(10-5-3-2-4-6-10)18-12(8-17)13(16)11(15)7-14/h2-6,9,11-13,18H,7H2,1H3. The monoisotopic (exact) mass is 256 g/mol. The highest BCUT2D eigenvalue weighted by molar-refractivity contribution is 5.19. The molecule has 0 bridgehead atoms. The number of nitriles is 1. The zero-order valence-corrected chi connectivity index (χ0v) is 9.98. The number of hydrogen-bond donors (Lipinski definition) is 1. The molecule has 0 aliphatic heterocycles. The molecule has 0 saturated heterocycles. The molecule has 4 unspecified atom stereocenters. The van der Waals surface area contributed by atoms with E-state index in [-0.39, 0.29) is 6.04 Å². The largest absolute Gasteiger partial charge is 0.293 e. The fraction of sp³-hybridized carbons (Fsp3) is 0.462. The second-order valence-electron chi connectivity index (χ2n) is 4.02. The molecule has 98 valence electrons. The van der Waals surface area contributed by atoms with E-state index in [0.717, 1.165) is 5.56 Å². The first-order chi connectivity index (χ1) is 8.60.